The SMILES string of the molecule is CCn1nc(C)c(S(=O)(=O)N2CCN(C(=O)c3ccc(C(C)(C)C)cc3)CC2)c1C. The zero-order valence-corrected chi connectivity index (χ0v) is 19.6. The first-order chi connectivity index (χ1) is 14.0. The topological polar surface area (TPSA) is 75.5 Å². The standard InChI is InChI=1S/C22H32N4O3S/c1-7-26-17(3)20(16(2)23-26)30(28,29)25-14-12-24(13-15-25)21(27)18-8-10-19(11-9-18)22(4,5)6/h8-11H,7,12-15H2,1-6H3. The van der Waals surface area contributed by atoms with Gasteiger partial charge in [-0.3, -0.25) is 9.48 Å². The number of carbonyl (C=O) groups excluding carboxylic acids is 1. The maximum absolute atomic E-state index is 13.2. The minimum absolute atomic E-state index is 0.0312. The average Bonchev–Trinajstić information content (AvgIpc) is 3.00. The highest BCUT2D eigenvalue weighted by Crippen LogP contribution is 2.25. The van der Waals surface area contributed by atoms with Crippen LogP contribution in [0.2, 0.25) is 0 Å². The van der Waals surface area contributed by atoms with E-state index in [1.165, 1.54) is 9.87 Å². The monoisotopic (exact) mass is 432 g/mol. The largest absolute Gasteiger partial charge is 0.336 e. The Balaban J connectivity index is 1.71. The second kappa shape index (κ2) is 8.15. The maximum Gasteiger partial charge on any atom is 0.253 e. The van der Waals surface area contributed by atoms with Gasteiger partial charge in [-0.05, 0) is 43.9 Å². The van der Waals surface area contributed by atoms with E-state index in [1.807, 2.05) is 31.2 Å². The van der Waals surface area contributed by atoms with Gasteiger partial charge in [0.2, 0.25) is 10.0 Å². The van der Waals surface area contributed by atoms with Gasteiger partial charge in [0, 0.05) is 38.3 Å². The van der Waals surface area contributed by atoms with Crippen molar-refractivity contribution in [3.63, 3.8) is 0 Å². The van der Waals surface area contributed by atoms with Crippen molar-refractivity contribution in [3.8, 4) is 0 Å². The van der Waals surface area contributed by atoms with Gasteiger partial charge in [-0.15, -0.1) is 0 Å². The van der Waals surface area contributed by atoms with Gasteiger partial charge < -0.3 is 4.90 Å². The smallest absolute Gasteiger partial charge is 0.253 e. The molecule has 1 aliphatic rings. The van der Waals surface area contributed by atoms with Gasteiger partial charge in [0.15, 0.2) is 0 Å². The van der Waals surface area contributed by atoms with Gasteiger partial charge in [0.05, 0.1) is 11.4 Å². The van der Waals surface area contributed by atoms with E-state index in [0.29, 0.717) is 41.5 Å². The summed E-state index contributed by atoms with van der Waals surface area (Å²) in [5, 5.41) is 4.34. The van der Waals surface area contributed by atoms with Gasteiger partial charge in [-0.25, -0.2) is 8.42 Å². The van der Waals surface area contributed by atoms with Crippen molar-refractivity contribution in [1.29, 1.82) is 0 Å². The predicted octanol–water partition coefficient (Wildman–Crippen LogP) is 2.96. The van der Waals surface area contributed by atoms with Crippen molar-refractivity contribution in [2.75, 3.05) is 26.2 Å². The third kappa shape index (κ3) is 4.16. The molecule has 1 aromatic heterocycles. The van der Waals surface area contributed by atoms with Crippen LogP contribution in [0.25, 0.3) is 0 Å². The first-order valence-electron chi connectivity index (χ1n) is 10.4. The van der Waals surface area contributed by atoms with Crippen LogP contribution in [0.4, 0.5) is 0 Å². The zero-order valence-electron chi connectivity index (χ0n) is 18.8. The first kappa shape index (κ1) is 22.5. The van der Waals surface area contributed by atoms with E-state index >= 15 is 0 Å². The Morgan fingerprint density at radius 2 is 1.60 bits per heavy atom. The lowest BCUT2D eigenvalue weighted by Gasteiger charge is -2.34. The molecule has 1 amide bonds. The Kier molecular flexibility index (Phi) is 6.11. The van der Waals surface area contributed by atoms with Crippen molar-refractivity contribution >= 4 is 15.9 Å². The predicted molar refractivity (Wildman–Crippen MR) is 117 cm³/mol. The van der Waals surface area contributed by atoms with Crippen LogP contribution in [0, 0.1) is 13.8 Å². The molecule has 30 heavy (non-hydrogen) atoms. The third-order valence-corrected chi connectivity index (χ3v) is 7.89. The van der Waals surface area contributed by atoms with Crippen LogP contribution in [0.3, 0.4) is 0 Å². The minimum atomic E-state index is -3.64. The molecule has 8 heteroatoms. The molecule has 0 bridgehead atoms. The Bertz CT molecular complexity index is 1030. The van der Waals surface area contributed by atoms with Crippen LogP contribution in [0.15, 0.2) is 29.2 Å². The van der Waals surface area contributed by atoms with Crippen LogP contribution < -0.4 is 0 Å². The summed E-state index contributed by atoms with van der Waals surface area (Å²) in [6, 6.07) is 7.70. The fourth-order valence-corrected chi connectivity index (χ4v) is 5.71. The molecule has 2 aromatic rings. The number of hydrogen-bond acceptors (Lipinski definition) is 4. The summed E-state index contributed by atoms with van der Waals surface area (Å²) in [7, 11) is -3.64. The van der Waals surface area contributed by atoms with Crippen molar-refractivity contribution < 1.29 is 13.2 Å². The van der Waals surface area contributed by atoms with E-state index in [0.717, 1.165) is 0 Å². The van der Waals surface area contributed by atoms with Crippen molar-refractivity contribution in [2.45, 2.75) is 58.4 Å². The molecule has 0 unspecified atom stereocenters. The Labute approximate surface area is 179 Å². The summed E-state index contributed by atoms with van der Waals surface area (Å²) >= 11 is 0. The molecule has 164 valence electrons. The highest BCUT2D eigenvalue weighted by atomic mass is 32.2. The number of amides is 1. The third-order valence-electron chi connectivity index (χ3n) is 5.74. The number of carbonyl (C=O) groups is 1. The molecule has 0 atom stereocenters. The molecule has 2 heterocycles. The molecule has 0 spiro atoms. The van der Waals surface area contributed by atoms with Crippen LogP contribution in [0.5, 0.6) is 0 Å². The molecule has 1 fully saturated rings. The normalized spacial score (nSPS) is 16.1. The van der Waals surface area contributed by atoms with E-state index < -0.39 is 10.0 Å². The number of sulfonamides is 1. The van der Waals surface area contributed by atoms with Crippen LogP contribution in [-0.4, -0.2) is 59.5 Å². The van der Waals surface area contributed by atoms with Crippen LogP contribution in [0.1, 0.15) is 55.0 Å². The molecule has 3 rings (SSSR count). The quantitative estimate of drug-likeness (QED) is 0.744. The van der Waals surface area contributed by atoms with Gasteiger partial charge in [-0.2, -0.15) is 9.40 Å². The zero-order chi connectivity index (χ0) is 22.3. The highest BCUT2D eigenvalue weighted by molar-refractivity contribution is 7.89. The van der Waals surface area contributed by atoms with E-state index in [9.17, 15) is 13.2 Å². The van der Waals surface area contributed by atoms with E-state index in [1.54, 1.807) is 23.4 Å². The van der Waals surface area contributed by atoms with Crippen LogP contribution >= 0.6 is 0 Å². The second-order valence-corrected chi connectivity index (χ2v) is 10.7. The summed E-state index contributed by atoms with van der Waals surface area (Å²) in [6.45, 7) is 13.8. The summed E-state index contributed by atoms with van der Waals surface area (Å²) in [6.07, 6.45) is 0. The molecule has 7 nitrogen and oxygen atoms in total. The Morgan fingerprint density at radius 1 is 1.03 bits per heavy atom. The molecular formula is C22H32N4O3S. The van der Waals surface area contributed by atoms with Gasteiger partial charge in [-0.1, -0.05) is 32.9 Å². The van der Waals surface area contributed by atoms with E-state index in [2.05, 4.69) is 25.9 Å². The number of nitrogens with zero attached hydrogens (tertiary/aromatic N) is 4. The molecule has 1 aromatic carbocycles. The molecule has 0 aliphatic carbocycles. The van der Waals surface area contributed by atoms with Crippen molar-refractivity contribution in [2.24, 2.45) is 0 Å². The van der Waals surface area contributed by atoms with Crippen molar-refractivity contribution in [1.82, 2.24) is 19.0 Å². The molecule has 0 N–H and O–H groups in total. The number of aromatic nitrogens is 2. The minimum Gasteiger partial charge on any atom is -0.336 e. The fourth-order valence-electron chi connectivity index (χ4n) is 3.92. The average molecular weight is 433 g/mol. The Morgan fingerprint density at radius 3 is 2.07 bits per heavy atom. The number of benzene rings is 1. The lowest BCUT2D eigenvalue weighted by atomic mass is 9.86. The van der Waals surface area contributed by atoms with Crippen molar-refractivity contribution in [3.05, 3.63) is 46.8 Å². The second-order valence-electron chi connectivity index (χ2n) is 8.84. The Hall–Kier alpha value is -2.19. The summed E-state index contributed by atoms with van der Waals surface area (Å²) in [4.78, 5) is 14.9. The van der Waals surface area contributed by atoms with Gasteiger partial charge >= 0.3 is 0 Å². The summed E-state index contributed by atoms with van der Waals surface area (Å²) in [5.74, 6) is -0.0568. The number of piperazine rings is 1. The summed E-state index contributed by atoms with van der Waals surface area (Å²) < 4.78 is 29.6. The van der Waals surface area contributed by atoms with Crippen LogP contribution in [-0.2, 0) is 22.0 Å². The number of hydrogen-bond donors (Lipinski definition) is 0. The maximum atomic E-state index is 13.2. The molecule has 0 saturated carbocycles. The molecule has 0 radical (unpaired) electrons. The van der Waals surface area contributed by atoms with Gasteiger partial charge in [0.1, 0.15) is 4.90 Å². The number of aryl methyl sites for hydroxylation is 2. The fraction of sp³-hybridized carbons (Fsp3) is 0.545. The lowest BCUT2D eigenvalue weighted by Crippen LogP contribution is -2.50. The summed E-state index contributed by atoms with van der Waals surface area (Å²) in [5.41, 5.74) is 3.02. The molecular weight excluding hydrogens is 400 g/mol. The van der Waals surface area contributed by atoms with E-state index in [-0.39, 0.29) is 24.4 Å². The first-order valence-corrected chi connectivity index (χ1v) is 11.8. The lowest BCUT2D eigenvalue weighted by molar-refractivity contribution is 0.0697. The molecule has 1 aliphatic heterocycles. The van der Waals surface area contributed by atoms with E-state index in [4.69, 9.17) is 0 Å². The highest BCUT2D eigenvalue weighted by Gasteiger charge is 2.34. The van der Waals surface area contributed by atoms with Gasteiger partial charge in [0.25, 0.3) is 5.91 Å². The molecule has 1 saturated heterocycles. The number of rotatable bonds is 4.